The molecule has 0 spiro atoms. The van der Waals surface area contributed by atoms with Gasteiger partial charge in [0.15, 0.2) is 5.69 Å². The van der Waals surface area contributed by atoms with Crippen LogP contribution in [-0.2, 0) is 0 Å². The van der Waals surface area contributed by atoms with E-state index in [1.807, 2.05) is 23.5 Å². The van der Waals surface area contributed by atoms with E-state index in [1.165, 1.54) is 69.5 Å². The van der Waals surface area contributed by atoms with Crippen molar-refractivity contribution < 1.29 is 0 Å². The highest BCUT2D eigenvalue weighted by Crippen LogP contribution is 2.45. The molecule has 3 nitrogen and oxygen atoms in total. The highest BCUT2D eigenvalue weighted by Gasteiger charge is 2.21. The van der Waals surface area contributed by atoms with Gasteiger partial charge in [0.25, 0.3) is 0 Å². The summed E-state index contributed by atoms with van der Waals surface area (Å²) in [5, 5.41) is 7.35. The molecule has 0 saturated carbocycles. The summed E-state index contributed by atoms with van der Waals surface area (Å²) in [6, 6.07) is 54.3. The number of nitrogens with zero attached hydrogens (tertiary/aromatic N) is 3. The number of hydrogen-bond donors (Lipinski definition) is 0. The molecule has 0 fully saturated rings. The van der Waals surface area contributed by atoms with E-state index >= 15 is 0 Å². The molecule has 0 unspecified atom stereocenters. The highest BCUT2D eigenvalue weighted by molar-refractivity contribution is 7.26. The van der Waals surface area contributed by atoms with Gasteiger partial charge in [-0.1, -0.05) is 109 Å². The topological polar surface area (TPSA) is 14.2 Å². The minimum atomic E-state index is 0.676. The Kier molecular flexibility index (Phi) is 5.51. The quantitative estimate of drug-likeness (QED) is 0.176. The van der Waals surface area contributed by atoms with Crippen molar-refractivity contribution in [3.05, 3.63) is 163 Å². The summed E-state index contributed by atoms with van der Waals surface area (Å²) < 4.78 is 7.33. The second kappa shape index (κ2) is 9.92. The van der Waals surface area contributed by atoms with Gasteiger partial charge in [-0.2, -0.15) is 0 Å². The van der Waals surface area contributed by atoms with Crippen LogP contribution in [0.4, 0.5) is 5.69 Å². The first kappa shape index (κ1) is 26.1. The summed E-state index contributed by atoms with van der Waals surface area (Å²) in [4.78, 5) is 3.71. The number of fused-ring (bicyclic) bond motifs is 10. The molecule has 7 aromatic carbocycles. The van der Waals surface area contributed by atoms with Gasteiger partial charge >= 0.3 is 0 Å². The first-order valence-electron chi connectivity index (χ1n) is 15.7. The largest absolute Gasteiger partial charge is 0.309 e. The van der Waals surface area contributed by atoms with E-state index in [-0.39, 0.29) is 0 Å². The van der Waals surface area contributed by atoms with Crippen LogP contribution in [0.1, 0.15) is 0 Å². The summed E-state index contributed by atoms with van der Waals surface area (Å²) in [6.07, 6.45) is 0. The van der Waals surface area contributed by atoms with E-state index in [9.17, 15) is 0 Å². The molecule has 0 bridgehead atoms. The van der Waals surface area contributed by atoms with Crippen LogP contribution in [0.15, 0.2) is 152 Å². The Morgan fingerprint density at radius 3 is 1.62 bits per heavy atom. The molecule has 0 N–H and O–H groups in total. The normalized spacial score (nSPS) is 11.8. The van der Waals surface area contributed by atoms with Crippen molar-refractivity contribution in [1.82, 2.24) is 9.13 Å². The number of para-hydroxylation sites is 5. The zero-order valence-corrected chi connectivity index (χ0v) is 26.0. The average molecular weight is 616 g/mol. The number of thiophene rings is 1. The van der Waals surface area contributed by atoms with Gasteiger partial charge in [-0.25, -0.2) is 4.85 Å². The molecular formula is C43H25N3S. The standard InChI is InChI=1S/C43H25N3S/c1-44-27-22-25-41-34(26-27)32-23-24-40-42(43(32)47-41)33-16-6-11-21-39(33)46(40)38-20-10-5-15-31(38)30-14-4-9-19-37(30)45-35-17-7-2-12-28(35)29-13-3-8-18-36(29)45/h2-26H. The Hall–Kier alpha value is -6.15. The van der Waals surface area contributed by atoms with E-state index in [0.717, 1.165) is 16.8 Å². The number of rotatable bonds is 3. The summed E-state index contributed by atoms with van der Waals surface area (Å²) in [6.45, 7) is 7.57. The Bertz CT molecular complexity index is 2880. The van der Waals surface area contributed by atoms with Crippen LogP contribution in [-0.4, -0.2) is 9.13 Å². The van der Waals surface area contributed by atoms with Crippen LogP contribution in [0.25, 0.3) is 91.1 Å². The Labute approximate surface area is 274 Å². The molecular weight excluding hydrogens is 591 g/mol. The molecule has 0 amide bonds. The zero-order chi connectivity index (χ0) is 31.1. The lowest BCUT2D eigenvalue weighted by Crippen LogP contribution is -2.01. The van der Waals surface area contributed by atoms with Crippen LogP contribution in [0.3, 0.4) is 0 Å². The minimum Gasteiger partial charge on any atom is -0.309 e. The van der Waals surface area contributed by atoms with Crippen LogP contribution in [0.2, 0.25) is 0 Å². The molecule has 3 heterocycles. The molecule has 0 radical (unpaired) electrons. The molecule has 47 heavy (non-hydrogen) atoms. The Balaban J connectivity index is 1.29. The smallest absolute Gasteiger partial charge is 0.187 e. The SMILES string of the molecule is [C-]#[N+]c1ccc2sc3c(ccc4c3c3ccccc3n4-c3ccccc3-c3ccccc3-n3c4ccccc4c4ccccc43)c2c1. The van der Waals surface area contributed by atoms with Crippen molar-refractivity contribution in [1.29, 1.82) is 0 Å². The maximum absolute atomic E-state index is 7.57. The van der Waals surface area contributed by atoms with E-state index in [1.54, 1.807) is 0 Å². The minimum absolute atomic E-state index is 0.676. The molecule has 0 saturated heterocycles. The fourth-order valence-corrected chi connectivity index (χ4v) is 8.82. The van der Waals surface area contributed by atoms with Crippen molar-refractivity contribution in [3.8, 4) is 22.5 Å². The van der Waals surface area contributed by atoms with Gasteiger partial charge in [-0.05, 0) is 53.2 Å². The molecule has 3 aromatic heterocycles. The number of aromatic nitrogens is 2. The van der Waals surface area contributed by atoms with Gasteiger partial charge in [0.1, 0.15) is 0 Å². The maximum atomic E-state index is 7.57. The lowest BCUT2D eigenvalue weighted by molar-refractivity contribution is 1.16. The van der Waals surface area contributed by atoms with Gasteiger partial charge in [-0.15, -0.1) is 11.3 Å². The van der Waals surface area contributed by atoms with Crippen molar-refractivity contribution in [2.24, 2.45) is 0 Å². The van der Waals surface area contributed by atoms with Crippen LogP contribution < -0.4 is 0 Å². The molecule has 218 valence electrons. The van der Waals surface area contributed by atoms with Crippen LogP contribution >= 0.6 is 11.3 Å². The van der Waals surface area contributed by atoms with E-state index < -0.39 is 0 Å². The number of benzene rings is 7. The lowest BCUT2D eigenvalue weighted by Gasteiger charge is -2.18. The molecule has 10 aromatic rings. The zero-order valence-electron chi connectivity index (χ0n) is 25.2. The molecule has 10 rings (SSSR count). The molecule has 0 aliphatic heterocycles. The summed E-state index contributed by atoms with van der Waals surface area (Å²) >= 11 is 1.82. The third-order valence-corrected chi connectivity index (χ3v) is 10.7. The Morgan fingerprint density at radius 1 is 0.447 bits per heavy atom. The monoisotopic (exact) mass is 615 g/mol. The van der Waals surface area contributed by atoms with Crippen LogP contribution in [0, 0.1) is 6.57 Å². The van der Waals surface area contributed by atoms with Crippen molar-refractivity contribution in [2.45, 2.75) is 0 Å². The second-order valence-corrected chi connectivity index (χ2v) is 13.0. The predicted molar refractivity (Wildman–Crippen MR) is 200 cm³/mol. The Morgan fingerprint density at radius 2 is 0.979 bits per heavy atom. The summed E-state index contributed by atoms with van der Waals surface area (Å²) in [7, 11) is 0. The van der Waals surface area contributed by atoms with Crippen molar-refractivity contribution in [2.75, 3.05) is 0 Å². The molecule has 4 heteroatoms. The average Bonchev–Trinajstić information content (AvgIpc) is 3.79. The molecule has 0 atom stereocenters. The maximum Gasteiger partial charge on any atom is 0.187 e. The molecule has 0 aliphatic rings. The fourth-order valence-electron chi connectivity index (χ4n) is 7.58. The van der Waals surface area contributed by atoms with Crippen LogP contribution in [0.5, 0.6) is 0 Å². The second-order valence-electron chi connectivity index (χ2n) is 12.0. The van der Waals surface area contributed by atoms with Gasteiger partial charge < -0.3 is 9.13 Å². The third-order valence-electron chi connectivity index (χ3n) is 9.55. The van der Waals surface area contributed by atoms with E-state index in [0.29, 0.717) is 5.69 Å². The fraction of sp³-hybridized carbons (Fsp3) is 0. The summed E-state index contributed by atoms with van der Waals surface area (Å²) in [5.74, 6) is 0. The predicted octanol–water partition coefficient (Wildman–Crippen LogP) is 12.5. The number of hydrogen-bond acceptors (Lipinski definition) is 1. The first-order valence-corrected chi connectivity index (χ1v) is 16.5. The van der Waals surface area contributed by atoms with Gasteiger partial charge in [0.05, 0.1) is 40.0 Å². The molecule has 0 aliphatic carbocycles. The first-order chi connectivity index (χ1) is 23.3. The van der Waals surface area contributed by atoms with Crippen molar-refractivity contribution in [3.63, 3.8) is 0 Å². The van der Waals surface area contributed by atoms with E-state index in [4.69, 9.17) is 6.57 Å². The van der Waals surface area contributed by atoms with Gasteiger partial charge in [0, 0.05) is 42.1 Å². The highest BCUT2D eigenvalue weighted by atomic mass is 32.1. The lowest BCUT2D eigenvalue weighted by atomic mass is 10.0. The van der Waals surface area contributed by atoms with Crippen molar-refractivity contribution >= 4 is 80.8 Å². The van der Waals surface area contributed by atoms with E-state index in [2.05, 4.69) is 154 Å². The third kappa shape index (κ3) is 3.66. The van der Waals surface area contributed by atoms with Gasteiger partial charge in [0.2, 0.25) is 0 Å². The summed E-state index contributed by atoms with van der Waals surface area (Å²) in [5.41, 5.74) is 10.1. The van der Waals surface area contributed by atoms with Gasteiger partial charge in [-0.3, -0.25) is 0 Å².